The molecule has 11 nitrogen and oxygen atoms in total. The third kappa shape index (κ3) is 38.6. The number of phosphoric ester groups is 1. The van der Waals surface area contributed by atoms with Crippen LogP contribution in [0.15, 0.2) is 36.5 Å². The largest absolute Gasteiger partial charge is 0.480 e. The molecule has 0 amide bonds. The maximum absolute atomic E-state index is 12.6. The van der Waals surface area contributed by atoms with Crippen LogP contribution >= 0.6 is 7.82 Å². The third-order valence-corrected chi connectivity index (χ3v) is 10.3. The van der Waals surface area contributed by atoms with Crippen LogP contribution in [-0.4, -0.2) is 59.9 Å². The SMILES string of the molecule is CCCCCC/C=C/C=C/CCCCCCCC(=O)O[C@H](COC(=O)CCCCCCCCC/C=C/CCCCCCCC)COP(=O)(O)OC[C@H](N)C(=O)O. The van der Waals surface area contributed by atoms with E-state index in [0.717, 1.165) is 64.2 Å². The van der Waals surface area contributed by atoms with Crippen LogP contribution in [0.4, 0.5) is 0 Å². The zero-order chi connectivity index (χ0) is 41.4. The van der Waals surface area contributed by atoms with Crippen molar-refractivity contribution in [3.63, 3.8) is 0 Å². The number of aliphatic carboxylic acids is 1. The van der Waals surface area contributed by atoms with Crippen molar-refractivity contribution in [1.82, 2.24) is 0 Å². The number of carbonyl (C=O) groups is 3. The van der Waals surface area contributed by atoms with Gasteiger partial charge in [-0.3, -0.25) is 23.4 Å². The number of phosphoric acid groups is 1. The van der Waals surface area contributed by atoms with E-state index in [9.17, 15) is 23.8 Å². The summed E-state index contributed by atoms with van der Waals surface area (Å²) in [6.45, 7) is 2.76. The van der Waals surface area contributed by atoms with Gasteiger partial charge in [0.25, 0.3) is 0 Å². The van der Waals surface area contributed by atoms with E-state index in [1.807, 2.05) is 0 Å². The van der Waals surface area contributed by atoms with Gasteiger partial charge in [0, 0.05) is 12.8 Å². The van der Waals surface area contributed by atoms with Crippen LogP contribution in [-0.2, 0) is 37.5 Å². The number of unbranched alkanes of at least 4 members (excludes halogenated alkanes) is 22. The van der Waals surface area contributed by atoms with E-state index in [1.54, 1.807) is 0 Å². The number of rotatable bonds is 41. The second-order valence-corrected chi connectivity index (χ2v) is 16.3. The number of ether oxygens (including phenoxy) is 2. The Balaban J connectivity index is 4.38. The minimum atomic E-state index is -4.72. The van der Waals surface area contributed by atoms with Gasteiger partial charge in [-0.05, 0) is 64.2 Å². The second kappa shape index (κ2) is 39.5. The van der Waals surface area contributed by atoms with Crippen molar-refractivity contribution in [3.8, 4) is 0 Å². The molecule has 326 valence electrons. The number of nitrogens with two attached hydrogens (primary N) is 1. The van der Waals surface area contributed by atoms with E-state index in [0.29, 0.717) is 12.8 Å². The lowest BCUT2D eigenvalue weighted by Gasteiger charge is -2.20. The predicted molar refractivity (Wildman–Crippen MR) is 226 cm³/mol. The molecule has 1 unspecified atom stereocenters. The molecular weight excluding hydrogens is 733 g/mol. The average Bonchev–Trinajstić information content (AvgIpc) is 3.17. The van der Waals surface area contributed by atoms with Crippen molar-refractivity contribution in [3.05, 3.63) is 36.5 Å². The van der Waals surface area contributed by atoms with Crippen LogP contribution in [0, 0.1) is 0 Å². The Labute approximate surface area is 340 Å². The minimum Gasteiger partial charge on any atom is -0.480 e. The first-order chi connectivity index (χ1) is 27.1. The molecule has 0 radical (unpaired) electrons. The van der Waals surface area contributed by atoms with Gasteiger partial charge in [-0.2, -0.15) is 0 Å². The van der Waals surface area contributed by atoms with E-state index in [2.05, 4.69) is 54.8 Å². The maximum Gasteiger partial charge on any atom is 0.472 e. The van der Waals surface area contributed by atoms with Gasteiger partial charge in [0.15, 0.2) is 6.10 Å². The summed E-state index contributed by atoms with van der Waals surface area (Å²) in [4.78, 5) is 45.9. The fraction of sp³-hybridized carbons (Fsp3) is 0.795. The van der Waals surface area contributed by atoms with Gasteiger partial charge in [-0.25, -0.2) is 4.57 Å². The zero-order valence-corrected chi connectivity index (χ0v) is 36.1. The van der Waals surface area contributed by atoms with Crippen molar-refractivity contribution in [2.45, 2.75) is 206 Å². The lowest BCUT2D eigenvalue weighted by Crippen LogP contribution is -2.34. The van der Waals surface area contributed by atoms with Crippen molar-refractivity contribution in [2.24, 2.45) is 5.73 Å². The number of hydrogen-bond acceptors (Lipinski definition) is 9. The van der Waals surface area contributed by atoms with Gasteiger partial charge in [-0.1, -0.05) is 153 Å². The lowest BCUT2D eigenvalue weighted by molar-refractivity contribution is -0.161. The molecule has 0 bridgehead atoms. The van der Waals surface area contributed by atoms with Crippen LogP contribution in [0.25, 0.3) is 0 Å². The van der Waals surface area contributed by atoms with E-state index in [4.69, 9.17) is 24.8 Å². The van der Waals surface area contributed by atoms with Gasteiger partial charge >= 0.3 is 25.7 Å². The smallest absolute Gasteiger partial charge is 0.472 e. The number of hydrogen-bond donors (Lipinski definition) is 3. The number of allylic oxidation sites excluding steroid dienone is 6. The van der Waals surface area contributed by atoms with Crippen LogP contribution in [0.3, 0.4) is 0 Å². The summed E-state index contributed by atoms with van der Waals surface area (Å²) in [5.41, 5.74) is 5.33. The monoisotopic (exact) mass is 814 g/mol. The number of carboxylic acid groups (broad SMARTS) is 1. The van der Waals surface area contributed by atoms with E-state index in [-0.39, 0.29) is 19.4 Å². The minimum absolute atomic E-state index is 0.143. The summed E-state index contributed by atoms with van der Waals surface area (Å²) in [5, 5.41) is 8.89. The normalized spacial score (nSPS) is 14.1. The summed E-state index contributed by atoms with van der Waals surface area (Å²) in [6.07, 6.45) is 42.0. The Morgan fingerprint density at radius 3 is 1.43 bits per heavy atom. The topological polar surface area (TPSA) is 172 Å². The number of carbonyl (C=O) groups excluding carboxylic acids is 2. The summed E-state index contributed by atoms with van der Waals surface area (Å²) < 4.78 is 32.7. The summed E-state index contributed by atoms with van der Waals surface area (Å²) in [7, 11) is -4.72. The standard InChI is InChI=1S/C44H80NO10P/c1-3-5-7-9-11-13-15-17-19-20-22-23-25-27-29-31-33-35-42(46)52-37-40(38-53-56(50,51)54-39-41(45)44(48)49)55-43(47)36-34-32-30-28-26-24-21-18-16-14-12-10-8-6-4-2/h14,16-19,21,40-41H,3-13,15,20,22-39,45H2,1-2H3,(H,48,49)(H,50,51)/b16-14+,19-17+,21-18+/t40-,41+/m1/s1. The Kier molecular flexibility index (Phi) is 37.9. The highest BCUT2D eigenvalue weighted by molar-refractivity contribution is 7.47. The molecule has 0 aliphatic heterocycles. The molecule has 0 aliphatic carbocycles. The van der Waals surface area contributed by atoms with Crippen LogP contribution in [0.5, 0.6) is 0 Å². The molecule has 0 aromatic carbocycles. The molecule has 0 rings (SSSR count). The quantitative estimate of drug-likeness (QED) is 0.0176. The van der Waals surface area contributed by atoms with Crippen LogP contribution < -0.4 is 5.73 Å². The molecular formula is C44H80NO10P. The Bertz CT molecular complexity index is 1100. The van der Waals surface area contributed by atoms with Gasteiger partial charge in [0.1, 0.15) is 12.6 Å². The molecule has 0 fully saturated rings. The highest BCUT2D eigenvalue weighted by atomic mass is 31.2. The van der Waals surface area contributed by atoms with Gasteiger partial charge < -0.3 is 25.2 Å². The molecule has 12 heteroatoms. The highest BCUT2D eigenvalue weighted by Crippen LogP contribution is 2.43. The fourth-order valence-electron chi connectivity index (χ4n) is 5.87. The lowest BCUT2D eigenvalue weighted by atomic mass is 10.1. The maximum atomic E-state index is 12.6. The molecule has 0 aromatic heterocycles. The van der Waals surface area contributed by atoms with E-state index >= 15 is 0 Å². The molecule has 56 heavy (non-hydrogen) atoms. The Morgan fingerprint density at radius 1 is 0.554 bits per heavy atom. The van der Waals surface area contributed by atoms with Crippen molar-refractivity contribution in [2.75, 3.05) is 19.8 Å². The van der Waals surface area contributed by atoms with Gasteiger partial charge in [0.05, 0.1) is 13.2 Å². The summed E-state index contributed by atoms with van der Waals surface area (Å²) >= 11 is 0. The average molecular weight is 814 g/mol. The summed E-state index contributed by atoms with van der Waals surface area (Å²) in [6, 6.07) is -1.52. The van der Waals surface area contributed by atoms with Gasteiger partial charge in [-0.15, -0.1) is 0 Å². The Morgan fingerprint density at radius 2 is 0.946 bits per heavy atom. The molecule has 0 heterocycles. The predicted octanol–water partition coefficient (Wildman–Crippen LogP) is 11.6. The van der Waals surface area contributed by atoms with E-state index in [1.165, 1.54) is 89.9 Å². The van der Waals surface area contributed by atoms with Crippen molar-refractivity contribution in [1.29, 1.82) is 0 Å². The fourth-order valence-corrected chi connectivity index (χ4v) is 6.65. The first kappa shape index (κ1) is 53.7. The second-order valence-electron chi connectivity index (χ2n) is 14.9. The molecule has 3 atom stereocenters. The number of carboxylic acids is 1. The van der Waals surface area contributed by atoms with E-state index < -0.39 is 51.1 Å². The molecule has 4 N–H and O–H groups in total. The first-order valence-electron chi connectivity index (χ1n) is 22.0. The first-order valence-corrected chi connectivity index (χ1v) is 23.5. The van der Waals surface area contributed by atoms with Crippen LogP contribution in [0.1, 0.15) is 194 Å². The number of esters is 2. The molecule has 0 aliphatic rings. The third-order valence-electron chi connectivity index (χ3n) is 9.39. The molecule has 0 saturated heterocycles. The van der Waals surface area contributed by atoms with Crippen LogP contribution in [0.2, 0.25) is 0 Å². The summed E-state index contributed by atoms with van der Waals surface area (Å²) in [5.74, 6) is -2.40. The van der Waals surface area contributed by atoms with Gasteiger partial charge in [0.2, 0.25) is 0 Å². The highest BCUT2D eigenvalue weighted by Gasteiger charge is 2.28. The molecule has 0 aromatic rings. The van der Waals surface area contributed by atoms with Crippen molar-refractivity contribution >= 4 is 25.7 Å². The van der Waals surface area contributed by atoms with Crippen molar-refractivity contribution < 1.29 is 47.5 Å². The molecule has 0 spiro atoms. The zero-order valence-electron chi connectivity index (χ0n) is 35.2. The Hall–Kier alpha value is -2.30. The molecule has 0 saturated carbocycles.